The van der Waals surface area contributed by atoms with Crippen molar-refractivity contribution in [1.82, 2.24) is 14.8 Å². The van der Waals surface area contributed by atoms with Gasteiger partial charge in [-0.1, -0.05) is 28.9 Å². The molecule has 0 atom stereocenters. The highest BCUT2D eigenvalue weighted by atomic mass is 35.5. The molecule has 31 heavy (non-hydrogen) atoms. The summed E-state index contributed by atoms with van der Waals surface area (Å²) in [5, 5.41) is 5.71. The Morgan fingerprint density at radius 1 is 1.29 bits per heavy atom. The lowest BCUT2D eigenvalue weighted by atomic mass is 10.0. The first-order valence-electron chi connectivity index (χ1n) is 9.53. The zero-order valence-electron chi connectivity index (χ0n) is 16.5. The molecule has 1 saturated heterocycles. The summed E-state index contributed by atoms with van der Waals surface area (Å²) in [6.45, 7) is 2.26. The lowest BCUT2D eigenvalue weighted by Crippen LogP contribution is -2.46. The minimum Gasteiger partial charge on any atom is -0.360 e. The molecule has 0 saturated carbocycles. The molecule has 1 fully saturated rings. The predicted molar refractivity (Wildman–Crippen MR) is 115 cm³/mol. The standard InChI is InChI=1S/C20H19ClFN3O4S2/c1-12-17(19(23-29-12)18-14(21)4-2-5-15(18)22)20(26)25-9-7-13(8-10-25)24-31(27,28)16-6-3-11-30-16/h2-6,11,13,24H,7-10H2,1H3. The van der Waals surface area contributed by atoms with Crippen LogP contribution in [0.1, 0.15) is 29.0 Å². The lowest BCUT2D eigenvalue weighted by Gasteiger charge is -2.32. The van der Waals surface area contributed by atoms with Crippen molar-refractivity contribution >= 4 is 38.9 Å². The molecule has 1 amide bonds. The Morgan fingerprint density at radius 2 is 2.03 bits per heavy atom. The van der Waals surface area contributed by atoms with E-state index >= 15 is 0 Å². The topological polar surface area (TPSA) is 92.5 Å². The van der Waals surface area contributed by atoms with Crippen LogP contribution < -0.4 is 4.72 Å². The Kier molecular flexibility index (Phi) is 6.16. The van der Waals surface area contributed by atoms with E-state index in [0.717, 1.165) is 11.3 Å². The second-order valence-corrected chi connectivity index (χ2v) is 10.5. The molecule has 0 spiro atoms. The zero-order chi connectivity index (χ0) is 22.2. The lowest BCUT2D eigenvalue weighted by molar-refractivity contribution is 0.0710. The van der Waals surface area contributed by atoms with Crippen LogP contribution in [0.5, 0.6) is 0 Å². The van der Waals surface area contributed by atoms with Crippen molar-refractivity contribution in [2.75, 3.05) is 13.1 Å². The number of hydrogen-bond acceptors (Lipinski definition) is 6. The summed E-state index contributed by atoms with van der Waals surface area (Å²) in [5.74, 6) is -0.691. The normalized spacial score (nSPS) is 15.4. The van der Waals surface area contributed by atoms with Crippen molar-refractivity contribution in [3.63, 3.8) is 0 Å². The van der Waals surface area contributed by atoms with E-state index in [9.17, 15) is 17.6 Å². The van der Waals surface area contributed by atoms with Crippen LogP contribution in [0.3, 0.4) is 0 Å². The number of aromatic nitrogens is 1. The fraction of sp³-hybridized carbons (Fsp3) is 0.300. The first-order chi connectivity index (χ1) is 14.8. The molecule has 1 N–H and O–H groups in total. The molecule has 0 unspecified atom stereocenters. The van der Waals surface area contributed by atoms with Crippen LogP contribution in [0.15, 0.2) is 44.4 Å². The van der Waals surface area contributed by atoms with Crippen molar-refractivity contribution in [3.05, 3.63) is 57.9 Å². The highest BCUT2D eigenvalue weighted by Crippen LogP contribution is 2.34. The van der Waals surface area contributed by atoms with E-state index in [1.165, 1.54) is 18.2 Å². The highest BCUT2D eigenvalue weighted by molar-refractivity contribution is 7.91. The third-order valence-electron chi connectivity index (χ3n) is 5.14. The number of amides is 1. The summed E-state index contributed by atoms with van der Waals surface area (Å²) >= 11 is 7.30. The van der Waals surface area contributed by atoms with Gasteiger partial charge in [0.1, 0.15) is 27.0 Å². The van der Waals surface area contributed by atoms with Gasteiger partial charge in [-0.05, 0) is 43.3 Å². The Labute approximate surface area is 187 Å². The van der Waals surface area contributed by atoms with Gasteiger partial charge in [-0.2, -0.15) is 0 Å². The number of hydrogen-bond donors (Lipinski definition) is 1. The molecule has 1 aliphatic heterocycles. The average molecular weight is 484 g/mol. The van der Waals surface area contributed by atoms with Crippen LogP contribution >= 0.6 is 22.9 Å². The summed E-state index contributed by atoms with van der Waals surface area (Å²) in [4.78, 5) is 14.8. The van der Waals surface area contributed by atoms with Crippen LogP contribution in [-0.4, -0.2) is 43.5 Å². The molecule has 0 bridgehead atoms. The number of thiophene rings is 1. The van der Waals surface area contributed by atoms with Gasteiger partial charge in [0.2, 0.25) is 10.0 Å². The summed E-state index contributed by atoms with van der Waals surface area (Å²) in [7, 11) is -3.57. The third-order valence-corrected chi connectivity index (χ3v) is 8.37. The zero-order valence-corrected chi connectivity index (χ0v) is 18.9. The number of sulfonamides is 1. The minimum absolute atomic E-state index is 0.0166. The number of halogens is 2. The van der Waals surface area contributed by atoms with Crippen molar-refractivity contribution in [1.29, 1.82) is 0 Å². The van der Waals surface area contributed by atoms with Gasteiger partial charge in [-0.3, -0.25) is 4.79 Å². The first kappa shape index (κ1) is 21.9. The summed E-state index contributed by atoms with van der Waals surface area (Å²) in [5.41, 5.74) is 0.235. The van der Waals surface area contributed by atoms with Crippen LogP contribution in [0.4, 0.5) is 4.39 Å². The van der Waals surface area contributed by atoms with E-state index in [0.29, 0.717) is 25.9 Å². The quantitative estimate of drug-likeness (QED) is 0.590. The molecule has 3 aromatic rings. The number of nitrogens with zero attached hydrogens (tertiary/aromatic N) is 2. The summed E-state index contributed by atoms with van der Waals surface area (Å²) in [6, 6.07) is 7.18. The predicted octanol–water partition coefficient (Wildman–Crippen LogP) is 4.09. The van der Waals surface area contributed by atoms with Crippen molar-refractivity contribution in [3.8, 4) is 11.3 Å². The van der Waals surface area contributed by atoms with Gasteiger partial charge >= 0.3 is 0 Å². The number of carbonyl (C=O) groups excluding carboxylic acids is 1. The first-order valence-corrected chi connectivity index (χ1v) is 12.3. The van der Waals surface area contributed by atoms with Gasteiger partial charge in [-0.25, -0.2) is 17.5 Å². The van der Waals surface area contributed by atoms with E-state index in [2.05, 4.69) is 9.88 Å². The highest BCUT2D eigenvalue weighted by Gasteiger charge is 2.32. The summed E-state index contributed by atoms with van der Waals surface area (Å²) in [6.07, 6.45) is 0.910. The van der Waals surface area contributed by atoms with Crippen LogP contribution in [0.25, 0.3) is 11.3 Å². The van der Waals surface area contributed by atoms with Crippen molar-refractivity contribution in [2.45, 2.75) is 30.0 Å². The maximum atomic E-state index is 14.4. The number of nitrogens with one attached hydrogen (secondary N) is 1. The van der Waals surface area contributed by atoms with Gasteiger partial charge in [-0.15, -0.1) is 11.3 Å². The number of aryl methyl sites for hydroxylation is 1. The molecule has 3 heterocycles. The van der Waals surface area contributed by atoms with Crippen molar-refractivity contribution < 1.29 is 22.1 Å². The van der Waals surface area contributed by atoms with Gasteiger partial charge in [0.25, 0.3) is 5.91 Å². The largest absolute Gasteiger partial charge is 0.360 e. The van der Waals surface area contributed by atoms with E-state index < -0.39 is 15.8 Å². The maximum Gasteiger partial charge on any atom is 0.259 e. The van der Waals surface area contributed by atoms with Crippen LogP contribution in [0, 0.1) is 12.7 Å². The molecule has 11 heteroatoms. The van der Waals surface area contributed by atoms with Crippen LogP contribution in [-0.2, 0) is 10.0 Å². The SMILES string of the molecule is Cc1onc(-c2c(F)cccc2Cl)c1C(=O)N1CCC(NS(=O)(=O)c2cccs2)CC1. The number of carbonyl (C=O) groups is 1. The average Bonchev–Trinajstić information content (AvgIpc) is 3.39. The fourth-order valence-electron chi connectivity index (χ4n) is 3.57. The molecule has 1 aromatic carbocycles. The van der Waals surface area contributed by atoms with E-state index in [1.54, 1.807) is 29.3 Å². The molecule has 2 aromatic heterocycles. The molecular formula is C20H19ClFN3O4S2. The van der Waals surface area contributed by atoms with E-state index in [1.807, 2.05) is 0 Å². The van der Waals surface area contributed by atoms with E-state index in [4.69, 9.17) is 16.1 Å². The number of piperidine rings is 1. The maximum absolute atomic E-state index is 14.4. The molecule has 4 rings (SSSR count). The van der Waals surface area contributed by atoms with Gasteiger partial charge in [0.15, 0.2) is 0 Å². The third kappa shape index (κ3) is 4.38. The monoisotopic (exact) mass is 483 g/mol. The Hall–Kier alpha value is -2.27. The van der Waals surface area contributed by atoms with Crippen molar-refractivity contribution in [2.24, 2.45) is 0 Å². The molecule has 7 nitrogen and oxygen atoms in total. The molecule has 1 aliphatic rings. The number of likely N-dealkylation sites (tertiary alicyclic amines) is 1. The molecular weight excluding hydrogens is 465 g/mol. The second-order valence-electron chi connectivity index (χ2n) is 7.18. The summed E-state index contributed by atoms with van der Waals surface area (Å²) < 4.78 is 47.4. The molecule has 0 radical (unpaired) electrons. The number of rotatable bonds is 5. The smallest absolute Gasteiger partial charge is 0.259 e. The Balaban J connectivity index is 1.50. The van der Waals surface area contributed by atoms with Gasteiger partial charge in [0.05, 0.1) is 10.6 Å². The number of benzene rings is 1. The second kappa shape index (κ2) is 8.70. The van der Waals surface area contributed by atoms with Gasteiger partial charge in [0, 0.05) is 19.1 Å². The van der Waals surface area contributed by atoms with E-state index in [-0.39, 0.29) is 43.8 Å². The molecule has 0 aliphatic carbocycles. The van der Waals surface area contributed by atoms with Crippen LogP contribution in [0.2, 0.25) is 5.02 Å². The minimum atomic E-state index is -3.57. The van der Waals surface area contributed by atoms with Gasteiger partial charge < -0.3 is 9.42 Å². The Bertz CT molecular complexity index is 1180. The Morgan fingerprint density at radius 3 is 2.68 bits per heavy atom. The fourth-order valence-corrected chi connectivity index (χ4v) is 6.14. The molecule has 164 valence electrons.